The van der Waals surface area contributed by atoms with Gasteiger partial charge >= 0.3 is 12.1 Å². The molecule has 0 unspecified atom stereocenters. The summed E-state index contributed by atoms with van der Waals surface area (Å²) in [5.74, 6) is 0. The lowest BCUT2D eigenvalue weighted by Gasteiger charge is -2.31. The van der Waals surface area contributed by atoms with Crippen molar-refractivity contribution in [1.29, 1.82) is 0 Å². The molecule has 0 radical (unpaired) electrons. The molecule has 6 nitrogen and oxygen atoms in total. The molecule has 0 aliphatic rings. The van der Waals surface area contributed by atoms with Crippen LogP contribution in [-0.2, 0) is 11.1 Å². The molecule has 202 valence electrons. The van der Waals surface area contributed by atoms with Gasteiger partial charge in [0.15, 0.2) is 0 Å². The predicted molar refractivity (Wildman–Crippen MR) is 165 cm³/mol. The van der Waals surface area contributed by atoms with Gasteiger partial charge in [0.25, 0.3) is 0 Å². The van der Waals surface area contributed by atoms with Gasteiger partial charge < -0.3 is 21.3 Å². The summed E-state index contributed by atoms with van der Waals surface area (Å²) in [4.78, 5) is 26.1. The van der Waals surface area contributed by atoms with E-state index in [1.165, 1.54) is 0 Å². The van der Waals surface area contributed by atoms with E-state index in [1.54, 1.807) is 0 Å². The average Bonchev–Trinajstić information content (AvgIpc) is 2.93. The number of amides is 4. The molecule has 0 saturated heterocycles. The second-order valence-electron chi connectivity index (χ2n) is 11.0. The van der Waals surface area contributed by atoms with Crippen LogP contribution in [0.5, 0.6) is 0 Å². The normalized spacial score (nSPS) is 11.7. The van der Waals surface area contributed by atoms with Crippen LogP contribution >= 0.6 is 0 Å². The Balaban J connectivity index is 1.29. The van der Waals surface area contributed by atoms with Gasteiger partial charge in [-0.2, -0.15) is 0 Å². The number of nitrogens with one attached hydrogen (secondary N) is 4. The molecule has 4 amide bonds. The first-order chi connectivity index (χ1) is 19.1. The molecule has 4 N–H and O–H groups in total. The second-order valence-corrected chi connectivity index (χ2v) is 11.0. The zero-order chi connectivity index (χ0) is 28.3. The summed E-state index contributed by atoms with van der Waals surface area (Å²) in [5, 5.41) is 16.3. The van der Waals surface area contributed by atoms with Crippen LogP contribution < -0.4 is 21.3 Å². The number of benzene rings is 5. The molecule has 0 fully saturated rings. The molecule has 40 heavy (non-hydrogen) atoms. The highest BCUT2D eigenvalue weighted by Gasteiger charge is 2.28. The molecule has 0 atom stereocenters. The van der Waals surface area contributed by atoms with Crippen molar-refractivity contribution in [1.82, 2.24) is 10.6 Å². The Bertz CT molecular complexity index is 1570. The van der Waals surface area contributed by atoms with E-state index >= 15 is 0 Å². The minimum atomic E-state index is -0.675. The van der Waals surface area contributed by atoms with Gasteiger partial charge in [-0.05, 0) is 61.7 Å². The highest BCUT2D eigenvalue weighted by Crippen LogP contribution is 2.28. The van der Waals surface area contributed by atoms with Crippen molar-refractivity contribution in [3.05, 3.63) is 120 Å². The third kappa shape index (κ3) is 5.76. The SMILES string of the molecule is CC(C)(NC(=O)Nc1cccc2ccccc12)c1cccc(C(C)(C)NC(=O)Nc2cccc3ccccc23)c1. The average molecular weight is 531 g/mol. The number of hydrogen-bond acceptors (Lipinski definition) is 2. The first-order valence-corrected chi connectivity index (χ1v) is 13.4. The number of rotatable bonds is 6. The Morgan fingerprint density at radius 3 is 1.32 bits per heavy atom. The lowest BCUT2D eigenvalue weighted by molar-refractivity contribution is 0.241. The minimum absolute atomic E-state index is 0.293. The van der Waals surface area contributed by atoms with Gasteiger partial charge in [-0.3, -0.25) is 0 Å². The molecule has 5 aromatic rings. The number of anilines is 2. The molecule has 0 aliphatic carbocycles. The summed E-state index contributed by atoms with van der Waals surface area (Å²) in [6.45, 7) is 7.84. The largest absolute Gasteiger partial charge is 0.329 e. The molecular formula is C34H34N4O2. The quantitative estimate of drug-likeness (QED) is 0.179. The smallest absolute Gasteiger partial charge is 0.319 e. The van der Waals surface area contributed by atoms with Crippen molar-refractivity contribution >= 4 is 45.0 Å². The summed E-state index contributed by atoms with van der Waals surface area (Å²) in [6, 6.07) is 34.9. The second kappa shape index (κ2) is 10.7. The van der Waals surface area contributed by atoms with E-state index in [1.807, 2.05) is 137 Å². The summed E-state index contributed by atoms with van der Waals surface area (Å²) < 4.78 is 0. The standard InChI is InChI=1S/C34H34N4O2/c1-33(2,37-31(39)35-29-20-9-14-23-12-5-7-18-27(23)29)25-16-11-17-26(22-25)34(3,4)38-32(40)36-30-21-10-15-24-13-6-8-19-28(24)30/h5-22H,1-4H3,(H2,35,37,39)(H2,36,38,40). The maximum Gasteiger partial charge on any atom is 0.319 e. The fraction of sp³-hybridized carbons (Fsp3) is 0.176. The van der Waals surface area contributed by atoms with Crippen LogP contribution in [0.1, 0.15) is 38.8 Å². The van der Waals surface area contributed by atoms with Crippen molar-refractivity contribution < 1.29 is 9.59 Å². The molecule has 6 heteroatoms. The van der Waals surface area contributed by atoms with Crippen LogP contribution in [0.2, 0.25) is 0 Å². The lowest BCUT2D eigenvalue weighted by atomic mass is 9.87. The number of carbonyl (C=O) groups excluding carboxylic acids is 2. The number of urea groups is 2. The summed E-state index contributed by atoms with van der Waals surface area (Å²) >= 11 is 0. The Kier molecular flexibility index (Phi) is 7.18. The Hall–Kier alpha value is -4.84. The number of carbonyl (C=O) groups is 2. The third-order valence-corrected chi connectivity index (χ3v) is 7.23. The minimum Gasteiger partial charge on any atom is -0.329 e. The monoisotopic (exact) mass is 530 g/mol. The van der Waals surface area contributed by atoms with Crippen LogP contribution in [-0.4, -0.2) is 12.1 Å². The first-order valence-electron chi connectivity index (χ1n) is 13.4. The van der Waals surface area contributed by atoms with E-state index in [4.69, 9.17) is 0 Å². The highest BCUT2D eigenvalue weighted by molar-refractivity contribution is 6.02. The maximum atomic E-state index is 13.1. The molecule has 0 bridgehead atoms. The van der Waals surface area contributed by atoms with E-state index in [0.717, 1.165) is 44.0 Å². The highest BCUT2D eigenvalue weighted by atomic mass is 16.2. The van der Waals surface area contributed by atoms with Crippen molar-refractivity contribution in [2.75, 3.05) is 10.6 Å². The van der Waals surface area contributed by atoms with Gasteiger partial charge in [0.1, 0.15) is 0 Å². The summed E-state index contributed by atoms with van der Waals surface area (Å²) in [6.07, 6.45) is 0. The molecular weight excluding hydrogens is 496 g/mol. The van der Waals surface area contributed by atoms with Gasteiger partial charge in [0, 0.05) is 10.8 Å². The van der Waals surface area contributed by atoms with Gasteiger partial charge in [-0.15, -0.1) is 0 Å². The Labute approximate surface area is 234 Å². The van der Waals surface area contributed by atoms with Gasteiger partial charge in [0.05, 0.1) is 22.5 Å². The Morgan fingerprint density at radius 1 is 0.500 bits per heavy atom. The molecule has 0 spiro atoms. The fourth-order valence-corrected chi connectivity index (χ4v) is 4.98. The van der Waals surface area contributed by atoms with E-state index in [9.17, 15) is 9.59 Å². The van der Waals surface area contributed by atoms with E-state index in [2.05, 4.69) is 21.3 Å². The number of hydrogen-bond donors (Lipinski definition) is 4. The van der Waals surface area contributed by atoms with Crippen molar-refractivity contribution in [2.45, 2.75) is 38.8 Å². The molecule has 0 heterocycles. The molecule has 5 aromatic carbocycles. The van der Waals surface area contributed by atoms with Gasteiger partial charge in [-0.1, -0.05) is 97.1 Å². The summed E-state index contributed by atoms with van der Waals surface area (Å²) in [7, 11) is 0. The Morgan fingerprint density at radius 2 is 0.875 bits per heavy atom. The third-order valence-electron chi connectivity index (χ3n) is 7.23. The van der Waals surface area contributed by atoms with E-state index in [-0.39, 0.29) is 12.1 Å². The predicted octanol–water partition coefficient (Wildman–Crippen LogP) is 8.11. The molecule has 0 aromatic heterocycles. The van der Waals surface area contributed by atoms with E-state index < -0.39 is 11.1 Å². The van der Waals surface area contributed by atoms with Crippen LogP contribution in [0.15, 0.2) is 109 Å². The zero-order valence-electron chi connectivity index (χ0n) is 23.2. The molecule has 0 aliphatic heterocycles. The van der Waals surface area contributed by atoms with Crippen LogP contribution in [0, 0.1) is 0 Å². The molecule has 0 saturated carbocycles. The maximum absolute atomic E-state index is 13.1. The van der Waals surface area contributed by atoms with E-state index in [0.29, 0.717) is 0 Å². The van der Waals surface area contributed by atoms with Crippen molar-refractivity contribution in [3.8, 4) is 0 Å². The fourth-order valence-electron chi connectivity index (χ4n) is 4.98. The molecule has 5 rings (SSSR count). The zero-order valence-corrected chi connectivity index (χ0v) is 23.2. The van der Waals surface area contributed by atoms with Crippen molar-refractivity contribution in [3.63, 3.8) is 0 Å². The van der Waals surface area contributed by atoms with Gasteiger partial charge in [0.2, 0.25) is 0 Å². The topological polar surface area (TPSA) is 82.3 Å². The van der Waals surface area contributed by atoms with Crippen molar-refractivity contribution in [2.24, 2.45) is 0 Å². The number of fused-ring (bicyclic) bond motifs is 2. The van der Waals surface area contributed by atoms with Crippen LogP contribution in [0.4, 0.5) is 21.0 Å². The summed E-state index contributed by atoms with van der Waals surface area (Å²) in [5.41, 5.74) is 1.99. The van der Waals surface area contributed by atoms with Crippen LogP contribution in [0.3, 0.4) is 0 Å². The van der Waals surface area contributed by atoms with Crippen LogP contribution in [0.25, 0.3) is 21.5 Å². The van der Waals surface area contributed by atoms with Gasteiger partial charge in [-0.25, -0.2) is 9.59 Å². The lowest BCUT2D eigenvalue weighted by Crippen LogP contribution is -2.45. The first kappa shape index (κ1) is 26.8.